The number of hydrogen-bond donors (Lipinski definition) is 2. The molecule has 1 aliphatic rings. The molecule has 0 spiro atoms. The average Bonchev–Trinajstić information content (AvgIpc) is 2.93. The van der Waals surface area contributed by atoms with Gasteiger partial charge < -0.3 is 20.3 Å². The third kappa shape index (κ3) is 5.32. The lowest BCUT2D eigenvalue weighted by Gasteiger charge is -2.21. The number of ether oxygens (including phenoxy) is 1. The van der Waals surface area contributed by atoms with Crippen molar-refractivity contribution in [3.63, 3.8) is 0 Å². The highest BCUT2D eigenvalue weighted by Gasteiger charge is 2.33. The van der Waals surface area contributed by atoms with E-state index in [2.05, 4.69) is 21.2 Å². The number of hydrogen-bond acceptors (Lipinski definition) is 4. The van der Waals surface area contributed by atoms with Crippen LogP contribution in [-0.2, 0) is 4.74 Å². The lowest BCUT2D eigenvalue weighted by Crippen LogP contribution is -2.98. The first-order valence-corrected chi connectivity index (χ1v) is 10.1. The molecule has 2 aromatic rings. The van der Waals surface area contributed by atoms with Gasteiger partial charge >= 0.3 is 6.09 Å². The molecular formula is C22H24BrN3O3. The van der Waals surface area contributed by atoms with Crippen molar-refractivity contribution in [1.29, 1.82) is 0 Å². The van der Waals surface area contributed by atoms with E-state index in [9.17, 15) is 10.0 Å². The molecular weight excluding hydrogens is 434 g/mol. The molecule has 1 amide bonds. The van der Waals surface area contributed by atoms with Gasteiger partial charge in [-0.3, -0.25) is 4.99 Å². The number of benzene rings is 2. The summed E-state index contributed by atoms with van der Waals surface area (Å²) in [7, 11) is 0. The van der Waals surface area contributed by atoms with Gasteiger partial charge in [0.15, 0.2) is 4.61 Å². The molecule has 0 aromatic heterocycles. The number of rotatable bonds is 5. The predicted octanol–water partition coefficient (Wildman–Crippen LogP) is 3.79. The number of carbonyl (C=O) groups is 1. The molecule has 1 aliphatic heterocycles. The monoisotopic (exact) mass is 457 g/mol. The fraction of sp³-hybridized carbons (Fsp3) is 0.273. The largest absolute Gasteiger partial charge is 0.623 e. The summed E-state index contributed by atoms with van der Waals surface area (Å²) < 4.78 is 5.81. The Hall–Kier alpha value is -2.48. The highest BCUT2D eigenvalue weighted by molar-refractivity contribution is 9.11. The summed E-state index contributed by atoms with van der Waals surface area (Å²) in [6.45, 7) is 5.62. The normalized spacial score (nSPS) is 17.3. The molecule has 1 heterocycles. The molecule has 2 N–H and O–H groups in total. The van der Waals surface area contributed by atoms with E-state index < -0.39 is 17.7 Å². The highest BCUT2D eigenvalue weighted by atomic mass is 79.9. The second-order valence-corrected chi connectivity index (χ2v) is 8.48. The van der Waals surface area contributed by atoms with Gasteiger partial charge in [-0.05, 0) is 32.4 Å². The number of para-hydroxylation sites is 1. The number of fused-ring (bicyclic) bond motifs is 1. The summed E-state index contributed by atoms with van der Waals surface area (Å²) in [6, 6.07) is 16.6. The van der Waals surface area contributed by atoms with E-state index in [4.69, 9.17) is 9.73 Å². The van der Waals surface area contributed by atoms with E-state index in [1.54, 1.807) is 12.3 Å². The zero-order valence-electron chi connectivity index (χ0n) is 16.6. The zero-order valence-corrected chi connectivity index (χ0v) is 18.2. The summed E-state index contributed by atoms with van der Waals surface area (Å²) in [5.74, 6) is 0. The average molecular weight is 458 g/mol. The van der Waals surface area contributed by atoms with Gasteiger partial charge in [0, 0.05) is 40.3 Å². The van der Waals surface area contributed by atoms with Crippen LogP contribution in [0.25, 0.3) is 5.57 Å². The Morgan fingerprint density at radius 3 is 2.55 bits per heavy atom. The number of carbonyl (C=O) groups excluding carboxylic acids is 1. The van der Waals surface area contributed by atoms with E-state index in [-0.39, 0.29) is 11.6 Å². The standard InChI is InChI=1S/C22H24BrN3O3/c1-22(2,3)29-21(27)25-14-17(24-13-15-9-5-4-6-10-15)19-16-11-7-8-12-18(16)26(28)20(19)23/h4-13,17,26H,14H2,1-3H3,(H,25,27)/b24-13-. The molecule has 0 aliphatic carbocycles. The van der Waals surface area contributed by atoms with Crippen LogP contribution in [0, 0.1) is 5.21 Å². The van der Waals surface area contributed by atoms with Crippen molar-refractivity contribution in [2.24, 2.45) is 4.99 Å². The number of halogens is 1. The van der Waals surface area contributed by atoms with Crippen molar-refractivity contribution >= 4 is 39.5 Å². The Morgan fingerprint density at radius 2 is 1.86 bits per heavy atom. The molecule has 2 unspecified atom stereocenters. The van der Waals surface area contributed by atoms with Crippen LogP contribution in [0.3, 0.4) is 0 Å². The van der Waals surface area contributed by atoms with Crippen LogP contribution < -0.4 is 10.4 Å². The molecule has 0 radical (unpaired) electrons. The summed E-state index contributed by atoms with van der Waals surface area (Å²) in [5.41, 5.74) is 2.55. The van der Waals surface area contributed by atoms with E-state index in [0.717, 1.165) is 16.7 Å². The Labute approximate surface area is 179 Å². The second-order valence-electron chi connectivity index (χ2n) is 7.69. The number of alkyl carbamates (subject to hydrolysis) is 1. The topological polar surface area (TPSA) is 78.2 Å². The van der Waals surface area contributed by atoms with Gasteiger partial charge in [0.1, 0.15) is 11.3 Å². The highest BCUT2D eigenvalue weighted by Crippen LogP contribution is 2.34. The minimum Gasteiger partial charge on any atom is -0.623 e. The van der Waals surface area contributed by atoms with Gasteiger partial charge in [-0.1, -0.05) is 42.5 Å². The lowest BCUT2D eigenvalue weighted by molar-refractivity contribution is -0.716. The summed E-state index contributed by atoms with van der Waals surface area (Å²) >= 11 is 3.45. The molecule has 29 heavy (non-hydrogen) atoms. The maximum atomic E-state index is 12.6. The first-order valence-electron chi connectivity index (χ1n) is 9.35. The Balaban J connectivity index is 1.89. The van der Waals surface area contributed by atoms with E-state index in [1.165, 1.54) is 0 Å². The van der Waals surface area contributed by atoms with Crippen LogP contribution in [0.5, 0.6) is 0 Å². The lowest BCUT2D eigenvalue weighted by atomic mass is 10.0. The molecule has 6 nitrogen and oxygen atoms in total. The van der Waals surface area contributed by atoms with Gasteiger partial charge in [-0.25, -0.2) is 4.79 Å². The van der Waals surface area contributed by atoms with E-state index in [0.29, 0.717) is 10.3 Å². The molecule has 0 saturated heterocycles. The number of aliphatic imine (C=N–C) groups is 1. The third-order valence-corrected chi connectivity index (χ3v) is 5.06. The van der Waals surface area contributed by atoms with Gasteiger partial charge in [0.25, 0.3) is 0 Å². The second kappa shape index (κ2) is 8.90. The van der Waals surface area contributed by atoms with Crippen molar-refractivity contribution in [2.45, 2.75) is 32.4 Å². The van der Waals surface area contributed by atoms with E-state index >= 15 is 0 Å². The molecule has 2 aromatic carbocycles. The summed E-state index contributed by atoms with van der Waals surface area (Å²) in [5, 5.41) is 15.3. The maximum Gasteiger partial charge on any atom is 0.407 e. The quantitative estimate of drug-likeness (QED) is 0.407. The van der Waals surface area contributed by atoms with Gasteiger partial charge in [0.05, 0.1) is 11.6 Å². The van der Waals surface area contributed by atoms with Crippen molar-refractivity contribution in [3.05, 3.63) is 75.5 Å². The fourth-order valence-corrected chi connectivity index (χ4v) is 3.73. The number of quaternary nitrogens is 1. The summed E-state index contributed by atoms with van der Waals surface area (Å²) in [6.07, 6.45) is 1.23. The van der Waals surface area contributed by atoms with Crippen LogP contribution in [0.4, 0.5) is 10.5 Å². The number of hydroxylamine groups is 1. The van der Waals surface area contributed by atoms with Gasteiger partial charge in [-0.15, -0.1) is 0 Å². The van der Waals surface area contributed by atoms with Crippen molar-refractivity contribution < 1.29 is 14.6 Å². The van der Waals surface area contributed by atoms with Crippen LogP contribution in [-0.4, -0.2) is 30.5 Å². The summed E-state index contributed by atoms with van der Waals surface area (Å²) in [4.78, 5) is 16.9. The van der Waals surface area contributed by atoms with Gasteiger partial charge in [0.2, 0.25) is 0 Å². The smallest absolute Gasteiger partial charge is 0.407 e. The molecule has 0 fully saturated rings. The van der Waals surface area contributed by atoms with Crippen LogP contribution in [0.2, 0.25) is 0 Å². The molecule has 0 saturated carbocycles. The molecule has 3 rings (SSSR count). The minimum atomic E-state index is -0.595. The Bertz CT molecular complexity index is 936. The molecule has 152 valence electrons. The van der Waals surface area contributed by atoms with Crippen molar-refractivity contribution in [1.82, 2.24) is 5.32 Å². The number of amides is 1. The van der Waals surface area contributed by atoms with Crippen LogP contribution in [0.1, 0.15) is 31.9 Å². The fourth-order valence-electron chi connectivity index (χ4n) is 3.04. The third-order valence-electron chi connectivity index (χ3n) is 4.27. The maximum absolute atomic E-state index is 12.6. The molecule has 0 bridgehead atoms. The number of nitrogens with zero attached hydrogens (tertiary/aromatic N) is 1. The predicted molar refractivity (Wildman–Crippen MR) is 118 cm³/mol. The van der Waals surface area contributed by atoms with Crippen molar-refractivity contribution in [2.75, 3.05) is 6.54 Å². The Morgan fingerprint density at radius 1 is 1.21 bits per heavy atom. The molecule has 7 heteroatoms. The van der Waals surface area contributed by atoms with Crippen molar-refractivity contribution in [3.8, 4) is 0 Å². The SMILES string of the molecule is CC(C)(C)OC(=O)NCC(/N=C\c1ccccc1)C1=C(Br)[NH+]([O-])c2ccccc21. The zero-order chi connectivity index (χ0) is 21.0. The Kier molecular flexibility index (Phi) is 6.52. The van der Waals surface area contributed by atoms with Gasteiger partial charge in [-0.2, -0.15) is 0 Å². The van der Waals surface area contributed by atoms with Crippen LogP contribution >= 0.6 is 15.9 Å². The number of nitrogens with one attached hydrogen (secondary N) is 2. The first-order chi connectivity index (χ1) is 13.8. The molecule has 2 atom stereocenters. The van der Waals surface area contributed by atoms with Crippen LogP contribution in [0.15, 0.2) is 64.2 Å². The van der Waals surface area contributed by atoms with E-state index in [1.807, 2.05) is 69.3 Å². The first kappa shape index (κ1) is 21.2. The minimum absolute atomic E-state index is 0.0761.